The molecule has 3 aromatic rings. The van der Waals surface area contributed by atoms with Gasteiger partial charge < -0.3 is 5.32 Å². The van der Waals surface area contributed by atoms with Crippen LogP contribution < -0.4 is 16.6 Å². The maximum absolute atomic E-state index is 13.2. The fourth-order valence-corrected chi connectivity index (χ4v) is 4.78. The molecule has 156 valence electrons. The van der Waals surface area contributed by atoms with E-state index in [9.17, 15) is 14.4 Å². The fourth-order valence-electron chi connectivity index (χ4n) is 4.78. The van der Waals surface area contributed by atoms with Gasteiger partial charge in [-0.25, -0.2) is 4.79 Å². The van der Waals surface area contributed by atoms with Crippen molar-refractivity contribution in [3.8, 4) is 11.1 Å². The fraction of sp³-hybridized carbons (Fsp3) is 0.240. The highest BCUT2D eigenvalue weighted by Gasteiger charge is 2.42. The molecule has 0 bridgehead atoms. The SMILES string of the molecule is CC1(C)CC(=O)C2=C(C1)Nc1[nH]c(=O)[nH]c(=O)c1C2c1ccc(-c2ccccc2)cc1. The number of carbonyl (C=O) groups is 1. The number of Topliss-reactive ketones (excluding diaryl/α,β-unsaturated/α-hetero) is 1. The Balaban J connectivity index is 1.68. The summed E-state index contributed by atoms with van der Waals surface area (Å²) in [6, 6.07) is 18.0. The summed E-state index contributed by atoms with van der Waals surface area (Å²) in [4.78, 5) is 43.0. The van der Waals surface area contributed by atoms with E-state index < -0.39 is 17.2 Å². The zero-order valence-electron chi connectivity index (χ0n) is 17.4. The molecule has 1 aliphatic carbocycles. The van der Waals surface area contributed by atoms with E-state index in [1.165, 1.54) is 0 Å². The molecule has 0 fully saturated rings. The third-order valence-corrected chi connectivity index (χ3v) is 6.10. The molecule has 31 heavy (non-hydrogen) atoms. The maximum atomic E-state index is 13.2. The van der Waals surface area contributed by atoms with E-state index in [0.29, 0.717) is 29.8 Å². The number of hydrogen-bond donors (Lipinski definition) is 3. The highest BCUT2D eigenvalue weighted by Crippen LogP contribution is 2.47. The van der Waals surface area contributed by atoms with Gasteiger partial charge >= 0.3 is 5.69 Å². The number of H-pyrrole nitrogens is 2. The molecule has 0 spiro atoms. The lowest BCUT2D eigenvalue weighted by Gasteiger charge is -2.38. The molecule has 5 rings (SSSR count). The predicted molar refractivity (Wildman–Crippen MR) is 120 cm³/mol. The lowest BCUT2D eigenvalue weighted by atomic mass is 9.69. The van der Waals surface area contributed by atoms with Crippen LogP contribution in [0.1, 0.15) is 43.7 Å². The van der Waals surface area contributed by atoms with Crippen LogP contribution in [-0.2, 0) is 4.79 Å². The summed E-state index contributed by atoms with van der Waals surface area (Å²) in [6.07, 6.45) is 1.09. The van der Waals surface area contributed by atoms with Gasteiger partial charge in [0, 0.05) is 23.6 Å². The minimum absolute atomic E-state index is 0.0344. The van der Waals surface area contributed by atoms with Gasteiger partial charge in [-0.3, -0.25) is 19.6 Å². The summed E-state index contributed by atoms with van der Waals surface area (Å²) in [5, 5.41) is 3.19. The van der Waals surface area contributed by atoms with Gasteiger partial charge in [-0.05, 0) is 28.5 Å². The summed E-state index contributed by atoms with van der Waals surface area (Å²) in [6.45, 7) is 4.10. The normalized spacial score (nSPS) is 19.4. The molecule has 0 saturated heterocycles. The Labute approximate surface area is 179 Å². The molecule has 6 nitrogen and oxygen atoms in total. The number of aromatic nitrogens is 2. The van der Waals surface area contributed by atoms with Crippen LogP contribution in [0.2, 0.25) is 0 Å². The van der Waals surface area contributed by atoms with E-state index in [4.69, 9.17) is 0 Å². The Morgan fingerprint density at radius 1 is 0.839 bits per heavy atom. The first-order chi connectivity index (χ1) is 14.8. The molecule has 1 aromatic heterocycles. The summed E-state index contributed by atoms with van der Waals surface area (Å²) in [5.41, 5.74) is 3.54. The van der Waals surface area contributed by atoms with E-state index in [1.54, 1.807) is 0 Å². The number of ketones is 1. The smallest absolute Gasteiger partial charge is 0.327 e. The van der Waals surface area contributed by atoms with Gasteiger partial charge in [-0.1, -0.05) is 68.4 Å². The van der Waals surface area contributed by atoms with Crippen molar-refractivity contribution in [2.24, 2.45) is 5.41 Å². The molecule has 1 atom stereocenters. The van der Waals surface area contributed by atoms with Gasteiger partial charge in [-0.15, -0.1) is 0 Å². The van der Waals surface area contributed by atoms with E-state index in [1.807, 2.05) is 54.6 Å². The Bertz CT molecular complexity index is 1330. The van der Waals surface area contributed by atoms with Gasteiger partial charge in [0.05, 0.1) is 5.56 Å². The zero-order chi connectivity index (χ0) is 21.8. The first-order valence-corrected chi connectivity index (χ1v) is 10.4. The molecule has 0 saturated carbocycles. The second-order valence-corrected chi connectivity index (χ2v) is 9.08. The molecule has 3 N–H and O–H groups in total. The van der Waals surface area contributed by atoms with Crippen LogP contribution >= 0.6 is 0 Å². The standard InChI is InChI=1S/C25H23N3O3/c1-25(2)12-17-20(18(29)13-25)19(21-22(26-17)27-24(31)28-23(21)30)16-10-8-15(9-11-16)14-6-4-3-5-7-14/h3-11,19H,12-13H2,1-2H3,(H3,26,27,28,30,31). The van der Waals surface area contributed by atoms with Crippen LogP contribution in [0.5, 0.6) is 0 Å². The maximum Gasteiger partial charge on any atom is 0.327 e. The predicted octanol–water partition coefficient (Wildman–Crippen LogP) is 3.93. The van der Waals surface area contributed by atoms with Crippen molar-refractivity contribution in [1.82, 2.24) is 9.97 Å². The van der Waals surface area contributed by atoms with Crippen molar-refractivity contribution >= 4 is 11.6 Å². The Morgan fingerprint density at radius 2 is 1.52 bits per heavy atom. The largest absolute Gasteiger partial charge is 0.344 e. The van der Waals surface area contributed by atoms with E-state index >= 15 is 0 Å². The lowest BCUT2D eigenvalue weighted by Crippen LogP contribution is -2.38. The number of carbonyl (C=O) groups excluding carboxylic acids is 1. The van der Waals surface area contributed by atoms with Crippen LogP contribution in [0.3, 0.4) is 0 Å². The van der Waals surface area contributed by atoms with Gasteiger partial charge in [0.25, 0.3) is 5.56 Å². The van der Waals surface area contributed by atoms with Gasteiger partial charge in [0.2, 0.25) is 0 Å². The summed E-state index contributed by atoms with van der Waals surface area (Å²) in [7, 11) is 0. The first-order valence-electron chi connectivity index (χ1n) is 10.4. The highest BCUT2D eigenvalue weighted by atomic mass is 16.2. The summed E-state index contributed by atoms with van der Waals surface area (Å²) >= 11 is 0. The molecular weight excluding hydrogens is 390 g/mol. The Morgan fingerprint density at radius 3 is 2.23 bits per heavy atom. The molecule has 2 heterocycles. The van der Waals surface area contributed by atoms with E-state index in [-0.39, 0.29) is 11.2 Å². The third-order valence-electron chi connectivity index (χ3n) is 6.10. The van der Waals surface area contributed by atoms with Crippen LogP contribution in [0.15, 0.2) is 75.5 Å². The lowest BCUT2D eigenvalue weighted by molar-refractivity contribution is -0.118. The Kier molecular flexibility index (Phi) is 4.32. The number of benzene rings is 2. The van der Waals surface area contributed by atoms with Crippen LogP contribution in [0.4, 0.5) is 5.82 Å². The minimum Gasteiger partial charge on any atom is -0.344 e. The summed E-state index contributed by atoms with van der Waals surface area (Å²) in [5.74, 6) is -0.123. The monoisotopic (exact) mass is 413 g/mol. The van der Waals surface area contributed by atoms with E-state index in [2.05, 4.69) is 29.1 Å². The van der Waals surface area contributed by atoms with Crippen molar-refractivity contribution in [2.45, 2.75) is 32.6 Å². The minimum atomic E-state index is -0.570. The quantitative estimate of drug-likeness (QED) is 0.593. The van der Waals surface area contributed by atoms with Crippen molar-refractivity contribution in [3.63, 3.8) is 0 Å². The average molecular weight is 413 g/mol. The molecule has 1 unspecified atom stereocenters. The van der Waals surface area contributed by atoms with Crippen LogP contribution in [-0.4, -0.2) is 15.8 Å². The molecule has 1 aliphatic heterocycles. The number of aromatic amines is 2. The van der Waals surface area contributed by atoms with Crippen LogP contribution in [0.25, 0.3) is 11.1 Å². The number of hydrogen-bond acceptors (Lipinski definition) is 4. The first kappa shape index (κ1) is 19.3. The molecular formula is C25H23N3O3. The molecule has 0 radical (unpaired) electrons. The van der Waals surface area contributed by atoms with E-state index in [0.717, 1.165) is 22.4 Å². The number of allylic oxidation sites excluding steroid dienone is 2. The molecule has 2 aliphatic rings. The second kappa shape index (κ2) is 6.94. The average Bonchev–Trinajstić information content (AvgIpc) is 2.72. The summed E-state index contributed by atoms with van der Waals surface area (Å²) < 4.78 is 0. The molecule has 6 heteroatoms. The van der Waals surface area contributed by atoms with Gasteiger partial charge in [-0.2, -0.15) is 0 Å². The van der Waals surface area contributed by atoms with Crippen molar-refractivity contribution < 1.29 is 4.79 Å². The highest BCUT2D eigenvalue weighted by molar-refractivity contribution is 6.01. The Hall–Kier alpha value is -3.67. The van der Waals surface area contributed by atoms with Gasteiger partial charge in [0.15, 0.2) is 5.78 Å². The topological polar surface area (TPSA) is 94.8 Å². The van der Waals surface area contributed by atoms with Crippen molar-refractivity contribution in [3.05, 3.63) is 97.8 Å². The van der Waals surface area contributed by atoms with Gasteiger partial charge in [0.1, 0.15) is 5.82 Å². The number of nitrogens with one attached hydrogen (secondary N) is 3. The van der Waals surface area contributed by atoms with Crippen molar-refractivity contribution in [2.75, 3.05) is 5.32 Å². The number of fused-ring (bicyclic) bond motifs is 1. The molecule has 2 aromatic carbocycles. The number of anilines is 1. The number of rotatable bonds is 2. The van der Waals surface area contributed by atoms with Crippen molar-refractivity contribution in [1.29, 1.82) is 0 Å². The zero-order valence-corrected chi connectivity index (χ0v) is 17.4. The second-order valence-electron chi connectivity index (χ2n) is 9.08. The molecule has 0 amide bonds. The van der Waals surface area contributed by atoms with Crippen LogP contribution in [0, 0.1) is 5.41 Å². The third kappa shape index (κ3) is 3.34.